The van der Waals surface area contributed by atoms with Crippen molar-refractivity contribution in [1.82, 2.24) is 0 Å². The van der Waals surface area contributed by atoms with Gasteiger partial charge in [0.15, 0.2) is 0 Å². The average Bonchev–Trinajstić information content (AvgIpc) is 2.78. The van der Waals surface area contributed by atoms with Gasteiger partial charge in [-0.3, -0.25) is 0 Å². The van der Waals surface area contributed by atoms with Crippen LogP contribution >= 0.6 is 23.2 Å². The Kier molecular flexibility index (Phi) is 7.17. The van der Waals surface area contributed by atoms with Crippen LogP contribution in [0.15, 0.2) is 60.7 Å². The van der Waals surface area contributed by atoms with Gasteiger partial charge in [0.05, 0.1) is 28.9 Å². The highest BCUT2D eigenvalue weighted by atomic mass is 35.5. The fourth-order valence-electron chi connectivity index (χ4n) is 3.45. The van der Waals surface area contributed by atoms with E-state index in [-0.39, 0.29) is 12.4 Å². The van der Waals surface area contributed by atoms with Crippen molar-refractivity contribution in [2.75, 3.05) is 36.5 Å². The standard InChI is InChI=1S/C24H23Cl2FN2O2/c25-21-5-2-6-23(27)20(21)16-31-19-4-1-3-17(13-19)15-28-18-7-8-24(22(26)14-18)29-9-11-30-12-10-29/h1-8,13-14,28H,9-12,15-16H2. The van der Waals surface area contributed by atoms with Gasteiger partial charge in [-0.05, 0) is 48.0 Å². The van der Waals surface area contributed by atoms with Crippen LogP contribution < -0.4 is 15.0 Å². The van der Waals surface area contributed by atoms with Gasteiger partial charge in [0.2, 0.25) is 0 Å². The van der Waals surface area contributed by atoms with Gasteiger partial charge in [0, 0.05) is 30.9 Å². The normalized spacial score (nSPS) is 13.8. The third kappa shape index (κ3) is 5.62. The minimum absolute atomic E-state index is 0.0704. The summed E-state index contributed by atoms with van der Waals surface area (Å²) in [5.41, 5.74) is 3.34. The molecule has 0 bridgehead atoms. The van der Waals surface area contributed by atoms with Gasteiger partial charge in [-0.1, -0.05) is 41.4 Å². The van der Waals surface area contributed by atoms with Gasteiger partial charge in [0.1, 0.15) is 18.2 Å². The molecule has 4 rings (SSSR count). The molecule has 1 aliphatic heterocycles. The zero-order valence-electron chi connectivity index (χ0n) is 16.9. The highest BCUT2D eigenvalue weighted by Crippen LogP contribution is 2.30. The number of morpholine rings is 1. The van der Waals surface area contributed by atoms with Gasteiger partial charge in [-0.25, -0.2) is 4.39 Å². The van der Waals surface area contributed by atoms with Crippen LogP contribution in [0.5, 0.6) is 5.75 Å². The summed E-state index contributed by atoms with van der Waals surface area (Å²) < 4.78 is 25.1. The van der Waals surface area contributed by atoms with Crippen LogP contribution in [0.4, 0.5) is 15.8 Å². The van der Waals surface area contributed by atoms with Gasteiger partial charge in [0.25, 0.3) is 0 Å². The quantitative estimate of drug-likeness (QED) is 0.457. The second-order valence-electron chi connectivity index (χ2n) is 7.26. The van der Waals surface area contributed by atoms with Crippen LogP contribution in [0.25, 0.3) is 0 Å². The number of benzene rings is 3. The number of nitrogens with zero attached hydrogens (tertiary/aromatic N) is 1. The lowest BCUT2D eigenvalue weighted by Gasteiger charge is -2.29. The Hall–Kier alpha value is -2.47. The van der Waals surface area contributed by atoms with Crippen molar-refractivity contribution in [3.8, 4) is 5.75 Å². The fourth-order valence-corrected chi connectivity index (χ4v) is 3.97. The van der Waals surface area contributed by atoms with Crippen molar-refractivity contribution in [3.05, 3.63) is 87.7 Å². The number of anilines is 2. The molecule has 0 unspecified atom stereocenters. The fraction of sp³-hybridized carbons (Fsp3) is 0.250. The molecule has 7 heteroatoms. The first kappa shape index (κ1) is 21.8. The molecule has 3 aromatic carbocycles. The molecule has 1 heterocycles. The molecule has 0 atom stereocenters. The summed E-state index contributed by atoms with van der Waals surface area (Å²) >= 11 is 12.6. The largest absolute Gasteiger partial charge is 0.489 e. The van der Waals surface area contributed by atoms with E-state index in [9.17, 15) is 4.39 Å². The van der Waals surface area contributed by atoms with E-state index in [1.807, 2.05) is 42.5 Å². The molecule has 0 radical (unpaired) electrons. The zero-order chi connectivity index (χ0) is 21.6. The maximum Gasteiger partial charge on any atom is 0.131 e. The molecule has 1 fully saturated rings. The van der Waals surface area contributed by atoms with Crippen LogP contribution in [-0.2, 0) is 17.9 Å². The number of ether oxygens (including phenoxy) is 2. The molecular formula is C24H23Cl2FN2O2. The highest BCUT2D eigenvalue weighted by molar-refractivity contribution is 6.33. The first-order valence-electron chi connectivity index (χ1n) is 10.1. The summed E-state index contributed by atoms with van der Waals surface area (Å²) in [5.74, 6) is 0.280. The number of nitrogens with one attached hydrogen (secondary N) is 1. The lowest BCUT2D eigenvalue weighted by atomic mass is 10.2. The molecule has 1 saturated heterocycles. The first-order valence-corrected chi connectivity index (χ1v) is 10.9. The highest BCUT2D eigenvalue weighted by Gasteiger charge is 2.14. The molecule has 4 nitrogen and oxygen atoms in total. The van der Waals surface area contributed by atoms with Crippen molar-refractivity contribution in [2.45, 2.75) is 13.2 Å². The molecule has 1 aliphatic rings. The van der Waals surface area contributed by atoms with Crippen LogP contribution in [0.2, 0.25) is 10.0 Å². The minimum Gasteiger partial charge on any atom is -0.489 e. The van der Waals surface area contributed by atoms with Gasteiger partial charge >= 0.3 is 0 Å². The van der Waals surface area contributed by atoms with Crippen LogP contribution in [0.3, 0.4) is 0 Å². The molecule has 0 aromatic heterocycles. The van der Waals surface area contributed by atoms with E-state index in [0.717, 1.165) is 43.2 Å². The van der Waals surface area contributed by atoms with E-state index in [0.29, 0.717) is 27.9 Å². The summed E-state index contributed by atoms with van der Waals surface area (Å²) in [7, 11) is 0. The van der Waals surface area contributed by atoms with Crippen LogP contribution in [-0.4, -0.2) is 26.3 Å². The topological polar surface area (TPSA) is 33.7 Å². The van der Waals surface area contributed by atoms with E-state index in [2.05, 4.69) is 10.2 Å². The van der Waals surface area contributed by atoms with Crippen LogP contribution in [0, 0.1) is 5.82 Å². The van der Waals surface area contributed by atoms with Gasteiger partial charge in [-0.15, -0.1) is 0 Å². The zero-order valence-corrected chi connectivity index (χ0v) is 18.4. The predicted octanol–water partition coefficient (Wildman–Crippen LogP) is 6.16. The van der Waals surface area contributed by atoms with Gasteiger partial charge in [-0.2, -0.15) is 0 Å². The smallest absolute Gasteiger partial charge is 0.131 e. The predicted molar refractivity (Wildman–Crippen MR) is 124 cm³/mol. The molecule has 162 valence electrons. The number of hydrogen-bond acceptors (Lipinski definition) is 4. The Morgan fingerprint density at radius 2 is 1.77 bits per heavy atom. The summed E-state index contributed by atoms with van der Waals surface area (Å²) in [6.07, 6.45) is 0. The number of rotatable bonds is 7. The maximum absolute atomic E-state index is 13.9. The molecule has 0 amide bonds. The molecule has 0 spiro atoms. The Morgan fingerprint density at radius 1 is 0.968 bits per heavy atom. The molecule has 31 heavy (non-hydrogen) atoms. The van der Waals surface area contributed by atoms with E-state index < -0.39 is 0 Å². The molecular weight excluding hydrogens is 438 g/mol. The Balaban J connectivity index is 1.36. The van der Waals surface area contributed by atoms with E-state index in [4.69, 9.17) is 32.7 Å². The third-order valence-corrected chi connectivity index (χ3v) is 5.80. The Bertz CT molecular complexity index is 1020. The van der Waals surface area contributed by atoms with Gasteiger partial charge < -0.3 is 19.7 Å². The van der Waals surface area contributed by atoms with Crippen molar-refractivity contribution in [1.29, 1.82) is 0 Å². The lowest BCUT2D eigenvalue weighted by Crippen LogP contribution is -2.36. The number of halogens is 3. The average molecular weight is 461 g/mol. The molecule has 0 aliphatic carbocycles. The summed E-state index contributed by atoms with van der Waals surface area (Å²) in [6, 6.07) is 18.3. The monoisotopic (exact) mass is 460 g/mol. The number of hydrogen-bond donors (Lipinski definition) is 1. The van der Waals surface area contributed by atoms with Crippen molar-refractivity contribution in [3.63, 3.8) is 0 Å². The summed E-state index contributed by atoms with van der Waals surface area (Å²) in [5, 5.41) is 4.46. The minimum atomic E-state index is -0.372. The SMILES string of the molecule is Fc1cccc(Cl)c1COc1cccc(CNc2ccc(N3CCOCC3)c(Cl)c2)c1. The van der Waals surface area contributed by atoms with E-state index >= 15 is 0 Å². The molecule has 1 N–H and O–H groups in total. The molecule has 0 saturated carbocycles. The Morgan fingerprint density at radius 3 is 2.55 bits per heavy atom. The second kappa shape index (κ2) is 10.2. The molecule has 3 aromatic rings. The van der Waals surface area contributed by atoms with Crippen molar-refractivity contribution < 1.29 is 13.9 Å². The first-order chi connectivity index (χ1) is 15.1. The summed E-state index contributed by atoms with van der Waals surface area (Å²) in [4.78, 5) is 2.23. The van der Waals surface area contributed by atoms with E-state index in [1.54, 1.807) is 12.1 Å². The maximum atomic E-state index is 13.9. The van der Waals surface area contributed by atoms with E-state index in [1.165, 1.54) is 6.07 Å². The Labute approximate surface area is 191 Å². The van der Waals surface area contributed by atoms with Crippen molar-refractivity contribution in [2.24, 2.45) is 0 Å². The summed E-state index contributed by atoms with van der Waals surface area (Å²) in [6.45, 7) is 3.80. The van der Waals surface area contributed by atoms with Crippen molar-refractivity contribution >= 4 is 34.6 Å². The third-order valence-electron chi connectivity index (χ3n) is 5.14. The van der Waals surface area contributed by atoms with Crippen LogP contribution in [0.1, 0.15) is 11.1 Å². The second-order valence-corrected chi connectivity index (χ2v) is 8.07. The lowest BCUT2D eigenvalue weighted by molar-refractivity contribution is 0.122.